The van der Waals surface area contributed by atoms with Crippen LogP contribution in [-0.4, -0.2) is 27.8 Å². The van der Waals surface area contributed by atoms with E-state index in [1.54, 1.807) is 6.20 Å². The minimum Gasteiger partial charge on any atom is -0.367 e. The summed E-state index contributed by atoms with van der Waals surface area (Å²) in [4.78, 5) is 13.0. The standard InChI is InChI=1S/C16H26N2O2/c1-4-12-18-14(8-11-17-18)15(19)16(20-5-2)9-6-13(3)7-10-16/h8,11,13H,4-7,9-10,12H2,1-3H3. The molecule has 1 aromatic heterocycles. The Morgan fingerprint density at radius 1 is 1.45 bits per heavy atom. The molecule has 0 unspecified atom stereocenters. The van der Waals surface area contributed by atoms with Gasteiger partial charge in [-0.25, -0.2) is 0 Å². The lowest BCUT2D eigenvalue weighted by atomic mass is 9.76. The van der Waals surface area contributed by atoms with Crippen LogP contribution in [-0.2, 0) is 11.3 Å². The molecular weight excluding hydrogens is 252 g/mol. The van der Waals surface area contributed by atoms with Gasteiger partial charge in [-0.15, -0.1) is 0 Å². The van der Waals surface area contributed by atoms with E-state index >= 15 is 0 Å². The molecule has 0 radical (unpaired) electrons. The molecule has 2 rings (SSSR count). The van der Waals surface area contributed by atoms with E-state index in [1.165, 1.54) is 0 Å². The van der Waals surface area contributed by atoms with Crippen LogP contribution >= 0.6 is 0 Å². The number of aromatic nitrogens is 2. The third kappa shape index (κ3) is 2.95. The fourth-order valence-corrected chi connectivity index (χ4v) is 3.09. The maximum Gasteiger partial charge on any atom is 0.212 e. The molecule has 0 bridgehead atoms. The zero-order chi connectivity index (χ0) is 14.6. The Morgan fingerprint density at radius 3 is 2.75 bits per heavy atom. The molecule has 1 saturated carbocycles. The van der Waals surface area contributed by atoms with Gasteiger partial charge in [0.25, 0.3) is 0 Å². The normalized spacial score (nSPS) is 26.6. The molecular formula is C16H26N2O2. The number of Topliss-reactive ketones (excluding diaryl/α,β-unsaturated/α-hetero) is 1. The van der Waals surface area contributed by atoms with E-state index < -0.39 is 5.60 Å². The highest BCUT2D eigenvalue weighted by Gasteiger charge is 2.43. The fraction of sp³-hybridized carbons (Fsp3) is 0.750. The van der Waals surface area contributed by atoms with Crippen molar-refractivity contribution in [3.05, 3.63) is 18.0 Å². The predicted molar refractivity (Wildman–Crippen MR) is 78.8 cm³/mol. The van der Waals surface area contributed by atoms with Crippen LogP contribution in [0.15, 0.2) is 12.3 Å². The molecule has 0 amide bonds. The van der Waals surface area contributed by atoms with Crippen LogP contribution in [0.5, 0.6) is 0 Å². The second-order valence-corrected chi connectivity index (χ2v) is 5.88. The minimum atomic E-state index is -0.618. The highest BCUT2D eigenvalue weighted by atomic mass is 16.5. The van der Waals surface area contributed by atoms with Crippen molar-refractivity contribution in [2.75, 3.05) is 6.61 Å². The average molecular weight is 278 g/mol. The number of hydrogen-bond donors (Lipinski definition) is 0. The molecule has 1 aliphatic carbocycles. The van der Waals surface area contributed by atoms with Gasteiger partial charge in [-0.3, -0.25) is 9.48 Å². The van der Waals surface area contributed by atoms with Crippen LogP contribution < -0.4 is 0 Å². The summed E-state index contributed by atoms with van der Waals surface area (Å²) in [6, 6.07) is 1.83. The molecule has 112 valence electrons. The Morgan fingerprint density at radius 2 is 2.15 bits per heavy atom. The summed E-state index contributed by atoms with van der Waals surface area (Å²) in [6.45, 7) is 7.68. The van der Waals surface area contributed by atoms with E-state index in [0.717, 1.165) is 38.6 Å². The van der Waals surface area contributed by atoms with Crippen molar-refractivity contribution >= 4 is 5.78 Å². The van der Waals surface area contributed by atoms with E-state index in [-0.39, 0.29) is 5.78 Å². The molecule has 1 aromatic rings. The van der Waals surface area contributed by atoms with E-state index in [9.17, 15) is 4.79 Å². The number of aryl methyl sites for hydroxylation is 1. The Kier molecular flexibility index (Phi) is 4.97. The van der Waals surface area contributed by atoms with Crippen molar-refractivity contribution in [1.82, 2.24) is 9.78 Å². The Bertz CT molecular complexity index is 445. The van der Waals surface area contributed by atoms with Crippen LogP contribution in [0.1, 0.15) is 63.4 Å². The van der Waals surface area contributed by atoms with Crippen molar-refractivity contribution in [3.63, 3.8) is 0 Å². The molecule has 4 nitrogen and oxygen atoms in total. The molecule has 1 heterocycles. The summed E-state index contributed by atoms with van der Waals surface area (Å²) in [7, 11) is 0. The first-order valence-electron chi connectivity index (χ1n) is 7.83. The SMILES string of the molecule is CCCn1nccc1C(=O)C1(OCC)CCC(C)CC1. The van der Waals surface area contributed by atoms with E-state index in [2.05, 4.69) is 18.9 Å². The van der Waals surface area contributed by atoms with Gasteiger partial charge < -0.3 is 4.74 Å². The number of nitrogens with zero attached hydrogens (tertiary/aromatic N) is 2. The number of hydrogen-bond acceptors (Lipinski definition) is 3. The molecule has 0 atom stereocenters. The summed E-state index contributed by atoms with van der Waals surface area (Å²) in [5.41, 5.74) is 0.0853. The summed E-state index contributed by atoms with van der Waals surface area (Å²) in [6.07, 6.45) is 6.48. The quantitative estimate of drug-likeness (QED) is 0.748. The molecule has 1 aliphatic rings. The summed E-state index contributed by atoms with van der Waals surface area (Å²) < 4.78 is 7.77. The van der Waals surface area contributed by atoms with Gasteiger partial charge in [-0.1, -0.05) is 13.8 Å². The molecule has 4 heteroatoms. The lowest BCUT2D eigenvalue weighted by molar-refractivity contribution is -0.0480. The lowest BCUT2D eigenvalue weighted by Crippen LogP contribution is -2.45. The van der Waals surface area contributed by atoms with Crippen LogP contribution in [0.25, 0.3) is 0 Å². The first kappa shape index (κ1) is 15.2. The average Bonchev–Trinajstić information content (AvgIpc) is 2.90. The molecule has 1 fully saturated rings. The van der Waals surface area contributed by atoms with Gasteiger partial charge in [0, 0.05) is 19.3 Å². The van der Waals surface area contributed by atoms with Crippen molar-refractivity contribution in [1.29, 1.82) is 0 Å². The highest BCUT2D eigenvalue weighted by Crippen LogP contribution is 2.37. The number of ketones is 1. The summed E-state index contributed by atoms with van der Waals surface area (Å²) in [5, 5.41) is 4.27. The van der Waals surface area contributed by atoms with Gasteiger partial charge in [0.2, 0.25) is 5.78 Å². The second kappa shape index (κ2) is 6.53. The second-order valence-electron chi connectivity index (χ2n) is 5.88. The smallest absolute Gasteiger partial charge is 0.212 e. The molecule has 20 heavy (non-hydrogen) atoms. The molecule has 0 saturated heterocycles. The largest absolute Gasteiger partial charge is 0.367 e. The van der Waals surface area contributed by atoms with Crippen molar-refractivity contribution in [3.8, 4) is 0 Å². The number of carbonyl (C=O) groups is 1. The lowest BCUT2D eigenvalue weighted by Gasteiger charge is -2.37. The van der Waals surface area contributed by atoms with Gasteiger partial charge in [0.05, 0.1) is 0 Å². The van der Waals surface area contributed by atoms with Crippen molar-refractivity contribution in [2.24, 2.45) is 5.92 Å². The first-order chi connectivity index (χ1) is 9.63. The highest BCUT2D eigenvalue weighted by molar-refractivity contribution is 6.01. The Hall–Kier alpha value is -1.16. The van der Waals surface area contributed by atoms with E-state index in [4.69, 9.17) is 4.74 Å². The van der Waals surface area contributed by atoms with Crippen molar-refractivity contribution in [2.45, 2.75) is 65.0 Å². The summed E-state index contributed by atoms with van der Waals surface area (Å²) in [5.74, 6) is 0.814. The molecule has 0 spiro atoms. The number of rotatable bonds is 6. The Labute approximate surface area is 121 Å². The van der Waals surface area contributed by atoms with E-state index in [1.807, 2.05) is 17.7 Å². The first-order valence-corrected chi connectivity index (χ1v) is 7.83. The molecule has 0 aromatic carbocycles. The third-order valence-electron chi connectivity index (χ3n) is 4.30. The van der Waals surface area contributed by atoms with Crippen molar-refractivity contribution < 1.29 is 9.53 Å². The van der Waals surface area contributed by atoms with E-state index in [0.29, 0.717) is 18.2 Å². The molecule has 0 aliphatic heterocycles. The number of carbonyl (C=O) groups excluding carboxylic acids is 1. The third-order valence-corrected chi connectivity index (χ3v) is 4.30. The van der Waals surface area contributed by atoms with Crippen LogP contribution in [0.2, 0.25) is 0 Å². The van der Waals surface area contributed by atoms with Gasteiger partial charge in [-0.05, 0) is 51.0 Å². The zero-order valence-corrected chi connectivity index (χ0v) is 12.9. The maximum atomic E-state index is 13.0. The number of ether oxygens (including phenoxy) is 1. The van der Waals surface area contributed by atoms with Crippen LogP contribution in [0.3, 0.4) is 0 Å². The topological polar surface area (TPSA) is 44.1 Å². The predicted octanol–water partition coefficient (Wildman–Crippen LogP) is 3.46. The molecule has 0 N–H and O–H groups in total. The monoisotopic (exact) mass is 278 g/mol. The van der Waals surface area contributed by atoms with Gasteiger partial charge in [0.1, 0.15) is 11.3 Å². The van der Waals surface area contributed by atoms with Gasteiger partial charge in [0.15, 0.2) is 0 Å². The van der Waals surface area contributed by atoms with Crippen LogP contribution in [0.4, 0.5) is 0 Å². The zero-order valence-electron chi connectivity index (χ0n) is 12.9. The maximum absolute atomic E-state index is 13.0. The fourth-order valence-electron chi connectivity index (χ4n) is 3.09. The Balaban J connectivity index is 2.24. The van der Waals surface area contributed by atoms with Gasteiger partial charge in [-0.2, -0.15) is 5.10 Å². The minimum absolute atomic E-state index is 0.122. The van der Waals surface area contributed by atoms with Gasteiger partial charge >= 0.3 is 0 Å². The summed E-state index contributed by atoms with van der Waals surface area (Å²) >= 11 is 0. The van der Waals surface area contributed by atoms with Crippen LogP contribution in [0, 0.1) is 5.92 Å².